The molecular formula is C12H20N4OS. The van der Waals surface area contributed by atoms with Crippen molar-refractivity contribution < 1.29 is 4.74 Å². The van der Waals surface area contributed by atoms with Crippen LogP contribution in [0.4, 0.5) is 5.82 Å². The van der Waals surface area contributed by atoms with E-state index in [1.807, 2.05) is 18.7 Å². The molecule has 2 rings (SSSR count). The van der Waals surface area contributed by atoms with Gasteiger partial charge in [0.2, 0.25) is 0 Å². The Kier molecular flexibility index (Phi) is 4.79. The van der Waals surface area contributed by atoms with Gasteiger partial charge in [-0.05, 0) is 13.3 Å². The average Bonchev–Trinajstić information content (AvgIpc) is 2.85. The topological polar surface area (TPSA) is 73.1 Å². The van der Waals surface area contributed by atoms with Gasteiger partial charge in [0.25, 0.3) is 0 Å². The summed E-state index contributed by atoms with van der Waals surface area (Å²) in [6.45, 7) is 4.80. The number of thioether (sulfide) groups is 1. The molecule has 1 atom stereocenters. The fraction of sp³-hybridized carbons (Fsp3) is 0.667. The van der Waals surface area contributed by atoms with Crippen molar-refractivity contribution in [2.45, 2.75) is 44.3 Å². The van der Waals surface area contributed by atoms with Crippen LogP contribution in [0.3, 0.4) is 0 Å². The summed E-state index contributed by atoms with van der Waals surface area (Å²) in [4.78, 5) is 9.16. The van der Waals surface area contributed by atoms with Crippen molar-refractivity contribution in [2.24, 2.45) is 5.84 Å². The van der Waals surface area contributed by atoms with Crippen LogP contribution in [0.25, 0.3) is 0 Å². The minimum Gasteiger partial charge on any atom is -0.371 e. The van der Waals surface area contributed by atoms with Gasteiger partial charge in [-0.2, -0.15) is 11.8 Å². The van der Waals surface area contributed by atoms with Crippen molar-refractivity contribution >= 4 is 17.6 Å². The first-order valence-electron chi connectivity index (χ1n) is 6.35. The molecule has 0 amide bonds. The molecule has 0 saturated heterocycles. The molecule has 5 nitrogen and oxygen atoms in total. The van der Waals surface area contributed by atoms with Crippen LogP contribution < -0.4 is 11.3 Å². The van der Waals surface area contributed by atoms with Gasteiger partial charge in [0.1, 0.15) is 11.9 Å². The highest BCUT2D eigenvalue weighted by Crippen LogP contribution is 2.34. The average molecular weight is 268 g/mol. The second-order valence-electron chi connectivity index (χ2n) is 4.23. The number of nitrogens with zero attached hydrogens (tertiary/aromatic N) is 2. The number of rotatable bonds is 6. The number of aromatic nitrogens is 2. The summed E-state index contributed by atoms with van der Waals surface area (Å²) in [5.74, 6) is 8.93. The normalized spacial score (nSPS) is 15.5. The molecule has 3 N–H and O–H groups in total. The molecule has 0 bridgehead atoms. The Labute approximate surface area is 112 Å². The zero-order valence-electron chi connectivity index (χ0n) is 10.9. The lowest BCUT2D eigenvalue weighted by molar-refractivity contribution is 0.0493. The lowest BCUT2D eigenvalue weighted by Crippen LogP contribution is -2.16. The Balaban J connectivity index is 2.32. The molecular weight excluding hydrogens is 248 g/mol. The first-order chi connectivity index (χ1) is 8.80. The van der Waals surface area contributed by atoms with Crippen molar-refractivity contribution in [1.82, 2.24) is 9.97 Å². The van der Waals surface area contributed by atoms with Crippen molar-refractivity contribution in [1.29, 1.82) is 0 Å². The third-order valence-corrected chi connectivity index (χ3v) is 3.91. The van der Waals surface area contributed by atoms with E-state index in [4.69, 9.17) is 10.6 Å². The molecule has 1 aromatic rings. The predicted molar refractivity (Wildman–Crippen MR) is 74.1 cm³/mol. The van der Waals surface area contributed by atoms with E-state index >= 15 is 0 Å². The van der Waals surface area contributed by atoms with E-state index in [1.165, 1.54) is 0 Å². The summed E-state index contributed by atoms with van der Waals surface area (Å²) in [6.07, 6.45) is 1.96. The Morgan fingerprint density at radius 1 is 1.39 bits per heavy atom. The SMILES string of the molecule is CCCC(OCC)c1nc2c(c(NN)n1)CSC2. The number of ether oxygens (including phenoxy) is 1. The molecule has 1 aromatic heterocycles. The summed E-state index contributed by atoms with van der Waals surface area (Å²) in [5.41, 5.74) is 4.92. The van der Waals surface area contributed by atoms with Gasteiger partial charge in [0.15, 0.2) is 5.82 Å². The smallest absolute Gasteiger partial charge is 0.159 e. The van der Waals surface area contributed by atoms with E-state index in [-0.39, 0.29) is 6.10 Å². The van der Waals surface area contributed by atoms with Gasteiger partial charge < -0.3 is 10.2 Å². The molecule has 0 radical (unpaired) electrons. The Morgan fingerprint density at radius 3 is 2.89 bits per heavy atom. The molecule has 1 unspecified atom stereocenters. The number of hydrogen-bond donors (Lipinski definition) is 2. The first kappa shape index (κ1) is 13.6. The Hall–Kier alpha value is -0.850. The van der Waals surface area contributed by atoms with Gasteiger partial charge >= 0.3 is 0 Å². The minimum atomic E-state index is -0.0250. The standard InChI is InChI=1S/C12H20N4OS/c1-3-5-10(17-4-2)12-14-9-7-18-6-8(9)11(15-12)16-13/h10H,3-7,13H2,1-2H3,(H,14,15,16). The molecule has 1 aliphatic rings. The van der Waals surface area contributed by atoms with E-state index in [9.17, 15) is 0 Å². The molecule has 1 aliphatic heterocycles. The lowest BCUT2D eigenvalue weighted by atomic mass is 10.1. The zero-order valence-corrected chi connectivity index (χ0v) is 11.7. The van der Waals surface area contributed by atoms with Gasteiger partial charge in [0, 0.05) is 23.7 Å². The monoisotopic (exact) mass is 268 g/mol. The van der Waals surface area contributed by atoms with Crippen LogP contribution in [0.5, 0.6) is 0 Å². The van der Waals surface area contributed by atoms with Crippen LogP contribution in [0.2, 0.25) is 0 Å². The van der Waals surface area contributed by atoms with Crippen molar-refractivity contribution in [3.8, 4) is 0 Å². The third kappa shape index (κ3) is 2.76. The van der Waals surface area contributed by atoms with Crippen molar-refractivity contribution in [2.75, 3.05) is 12.0 Å². The van der Waals surface area contributed by atoms with Crippen LogP contribution in [0, 0.1) is 0 Å². The van der Waals surface area contributed by atoms with Crippen LogP contribution in [0.15, 0.2) is 0 Å². The fourth-order valence-corrected chi connectivity index (χ4v) is 3.13. The van der Waals surface area contributed by atoms with Gasteiger partial charge in [-0.15, -0.1) is 0 Å². The molecule has 0 aromatic carbocycles. The quantitative estimate of drug-likeness (QED) is 0.609. The van der Waals surface area contributed by atoms with Gasteiger partial charge in [-0.25, -0.2) is 15.8 Å². The maximum Gasteiger partial charge on any atom is 0.159 e. The molecule has 18 heavy (non-hydrogen) atoms. The molecule has 0 fully saturated rings. The third-order valence-electron chi connectivity index (χ3n) is 2.94. The van der Waals surface area contributed by atoms with E-state index in [1.54, 1.807) is 0 Å². The summed E-state index contributed by atoms with van der Waals surface area (Å²) in [7, 11) is 0. The van der Waals surface area contributed by atoms with Crippen molar-refractivity contribution in [3.05, 3.63) is 17.1 Å². The van der Waals surface area contributed by atoms with Gasteiger partial charge in [0.05, 0.1) is 5.69 Å². The van der Waals surface area contributed by atoms with E-state index < -0.39 is 0 Å². The molecule has 2 heterocycles. The number of anilines is 1. The number of hydrogen-bond acceptors (Lipinski definition) is 6. The Morgan fingerprint density at radius 2 is 2.22 bits per heavy atom. The molecule has 6 heteroatoms. The van der Waals surface area contributed by atoms with E-state index in [2.05, 4.69) is 22.3 Å². The molecule has 0 aliphatic carbocycles. The van der Waals surface area contributed by atoms with E-state index in [0.29, 0.717) is 6.61 Å². The highest BCUT2D eigenvalue weighted by Gasteiger charge is 2.22. The second kappa shape index (κ2) is 6.36. The highest BCUT2D eigenvalue weighted by molar-refractivity contribution is 7.98. The summed E-state index contributed by atoms with van der Waals surface area (Å²) in [5, 5.41) is 0. The first-order valence-corrected chi connectivity index (χ1v) is 7.51. The van der Waals surface area contributed by atoms with Crippen LogP contribution in [-0.4, -0.2) is 16.6 Å². The maximum atomic E-state index is 5.73. The fourth-order valence-electron chi connectivity index (χ4n) is 2.08. The highest BCUT2D eigenvalue weighted by atomic mass is 32.2. The predicted octanol–water partition coefficient (Wildman–Crippen LogP) is 2.39. The number of nitrogens with two attached hydrogens (primary N) is 1. The second-order valence-corrected chi connectivity index (χ2v) is 5.21. The summed E-state index contributed by atoms with van der Waals surface area (Å²) < 4.78 is 5.73. The van der Waals surface area contributed by atoms with E-state index in [0.717, 1.165) is 47.2 Å². The Bertz CT molecular complexity index is 407. The molecule has 100 valence electrons. The number of nitrogens with one attached hydrogen (secondary N) is 1. The minimum absolute atomic E-state index is 0.0250. The van der Waals surface area contributed by atoms with Crippen LogP contribution in [0.1, 0.15) is 49.9 Å². The van der Waals surface area contributed by atoms with Crippen LogP contribution >= 0.6 is 11.8 Å². The maximum absolute atomic E-state index is 5.73. The lowest BCUT2D eigenvalue weighted by Gasteiger charge is -2.17. The molecule has 0 spiro atoms. The number of hydrazine groups is 1. The summed E-state index contributed by atoms with van der Waals surface area (Å²) >= 11 is 1.84. The number of fused-ring (bicyclic) bond motifs is 1. The largest absolute Gasteiger partial charge is 0.371 e. The molecule has 0 saturated carbocycles. The van der Waals surface area contributed by atoms with Gasteiger partial charge in [-0.1, -0.05) is 13.3 Å². The van der Waals surface area contributed by atoms with Crippen molar-refractivity contribution in [3.63, 3.8) is 0 Å². The van der Waals surface area contributed by atoms with Crippen LogP contribution in [-0.2, 0) is 16.2 Å². The number of nitrogen functional groups attached to an aromatic ring is 1. The summed E-state index contributed by atoms with van der Waals surface area (Å²) in [6, 6.07) is 0. The zero-order chi connectivity index (χ0) is 13.0. The van der Waals surface area contributed by atoms with Gasteiger partial charge in [-0.3, -0.25) is 0 Å².